The number of carbonyl (C=O) groups is 2. The molecule has 2 saturated heterocycles. The summed E-state index contributed by atoms with van der Waals surface area (Å²) in [4.78, 5) is 25.4. The summed E-state index contributed by atoms with van der Waals surface area (Å²) in [5.41, 5.74) is 6.22. The third-order valence-electron chi connectivity index (χ3n) is 4.69. The number of benzene rings is 1. The molecule has 6 nitrogen and oxygen atoms in total. The van der Waals surface area contributed by atoms with Gasteiger partial charge in [0.05, 0.1) is 0 Å². The summed E-state index contributed by atoms with van der Waals surface area (Å²) < 4.78 is 0. The van der Waals surface area contributed by atoms with Gasteiger partial charge in [-0.25, -0.2) is 4.79 Å². The van der Waals surface area contributed by atoms with Crippen LogP contribution in [-0.2, 0) is 0 Å². The Balaban J connectivity index is 0.00000192. The van der Waals surface area contributed by atoms with Crippen molar-refractivity contribution in [1.29, 1.82) is 0 Å². The van der Waals surface area contributed by atoms with Crippen molar-refractivity contribution in [3.05, 3.63) is 29.8 Å². The predicted molar refractivity (Wildman–Crippen MR) is 92.0 cm³/mol. The van der Waals surface area contributed by atoms with Crippen LogP contribution in [0.15, 0.2) is 24.3 Å². The Morgan fingerprint density at radius 3 is 2.52 bits per heavy atom. The third kappa shape index (κ3) is 3.95. The van der Waals surface area contributed by atoms with Crippen LogP contribution in [0.4, 0.5) is 10.5 Å². The molecular formula is C16H23ClN4O2. The van der Waals surface area contributed by atoms with E-state index in [0.717, 1.165) is 12.8 Å². The van der Waals surface area contributed by atoms with Gasteiger partial charge in [-0.1, -0.05) is 6.07 Å². The fourth-order valence-corrected chi connectivity index (χ4v) is 3.59. The largest absolute Gasteiger partial charge is 0.351 e. The number of hydrogen-bond acceptors (Lipinski definition) is 3. The number of nitrogens with two attached hydrogens (primary N) is 1. The lowest BCUT2D eigenvalue weighted by molar-refractivity contribution is 0.0681. The van der Waals surface area contributed by atoms with Crippen LogP contribution in [0.3, 0.4) is 0 Å². The summed E-state index contributed by atoms with van der Waals surface area (Å²) in [6, 6.07) is 7.63. The van der Waals surface area contributed by atoms with E-state index < -0.39 is 6.03 Å². The van der Waals surface area contributed by atoms with Gasteiger partial charge >= 0.3 is 6.03 Å². The molecule has 2 heterocycles. The molecule has 2 aliphatic heterocycles. The number of rotatable bonds is 3. The number of piperidine rings is 1. The number of urea groups is 1. The highest BCUT2D eigenvalue weighted by Crippen LogP contribution is 2.30. The topological polar surface area (TPSA) is 87.5 Å². The first-order valence-electron chi connectivity index (χ1n) is 7.72. The van der Waals surface area contributed by atoms with Crippen LogP contribution in [0.2, 0.25) is 0 Å². The highest BCUT2D eigenvalue weighted by Gasteiger charge is 2.36. The SMILES string of the molecule is CN(C(=O)c1cccc(NC(N)=O)c1)C1CC2CCC(C1)N2.Cl. The van der Waals surface area contributed by atoms with Gasteiger partial charge in [0, 0.05) is 36.4 Å². The molecule has 7 heteroatoms. The number of nitrogens with one attached hydrogen (secondary N) is 2. The van der Waals surface area contributed by atoms with Crippen LogP contribution in [-0.4, -0.2) is 42.0 Å². The number of fused-ring (bicyclic) bond motifs is 2. The molecule has 2 bridgehead atoms. The number of hydrogen-bond donors (Lipinski definition) is 3. The summed E-state index contributed by atoms with van der Waals surface area (Å²) in [5.74, 6) is -0.0144. The predicted octanol–water partition coefficient (Wildman–Crippen LogP) is 1.95. The lowest BCUT2D eigenvalue weighted by Crippen LogP contribution is -2.48. The molecule has 4 N–H and O–H groups in total. The number of amides is 3. The normalized spacial score (nSPS) is 25.3. The van der Waals surface area contributed by atoms with Gasteiger partial charge in [-0.15, -0.1) is 12.4 Å². The van der Waals surface area contributed by atoms with E-state index in [1.165, 1.54) is 12.8 Å². The average molecular weight is 339 g/mol. The zero-order valence-electron chi connectivity index (χ0n) is 13.1. The molecule has 2 atom stereocenters. The first-order valence-corrected chi connectivity index (χ1v) is 7.72. The molecule has 23 heavy (non-hydrogen) atoms. The van der Waals surface area contributed by atoms with Gasteiger partial charge in [0.2, 0.25) is 0 Å². The average Bonchev–Trinajstić information content (AvgIpc) is 2.83. The van der Waals surface area contributed by atoms with E-state index in [1.54, 1.807) is 24.3 Å². The summed E-state index contributed by atoms with van der Waals surface area (Å²) in [6.45, 7) is 0. The van der Waals surface area contributed by atoms with Gasteiger partial charge in [0.1, 0.15) is 0 Å². The molecule has 126 valence electrons. The molecule has 2 aliphatic rings. The molecule has 0 aliphatic carbocycles. The van der Waals surface area contributed by atoms with E-state index in [4.69, 9.17) is 5.73 Å². The Morgan fingerprint density at radius 2 is 1.91 bits per heavy atom. The minimum atomic E-state index is -0.632. The van der Waals surface area contributed by atoms with Gasteiger partial charge < -0.3 is 21.3 Å². The maximum absolute atomic E-state index is 12.7. The third-order valence-corrected chi connectivity index (χ3v) is 4.69. The van der Waals surface area contributed by atoms with Gasteiger partial charge in [-0.05, 0) is 43.9 Å². The van der Waals surface area contributed by atoms with E-state index in [0.29, 0.717) is 23.3 Å². The number of nitrogens with zero attached hydrogens (tertiary/aromatic N) is 1. The zero-order chi connectivity index (χ0) is 15.7. The van der Waals surface area contributed by atoms with Crippen molar-refractivity contribution in [3.8, 4) is 0 Å². The van der Waals surface area contributed by atoms with Crippen molar-refractivity contribution >= 4 is 30.0 Å². The first kappa shape index (κ1) is 17.6. The Morgan fingerprint density at radius 1 is 1.26 bits per heavy atom. The standard InChI is InChI=1S/C16H22N4O2.ClH/c1-20(14-8-12-5-6-13(9-14)18-12)15(21)10-3-2-4-11(7-10)19-16(17)22;/h2-4,7,12-14,18H,5-6,8-9H2,1H3,(H3,17,19,22);1H. The van der Waals surface area contributed by atoms with Crippen molar-refractivity contribution < 1.29 is 9.59 Å². The monoisotopic (exact) mass is 338 g/mol. The summed E-state index contributed by atoms with van der Waals surface area (Å²) in [5, 5.41) is 6.09. The number of anilines is 1. The molecule has 0 saturated carbocycles. The quantitative estimate of drug-likeness (QED) is 0.787. The highest BCUT2D eigenvalue weighted by molar-refractivity contribution is 5.96. The van der Waals surface area contributed by atoms with Crippen LogP contribution in [0.5, 0.6) is 0 Å². The summed E-state index contributed by atoms with van der Waals surface area (Å²) in [6.07, 6.45) is 4.44. The maximum Gasteiger partial charge on any atom is 0.316 e. The first-order chi connectivity index (χ1) is 10.5. The van der Waals surface area contributed by atoms with E-state index in [-0.39, 0.29) is 24.4 Å². The van der Waals surface area contributed by atoms with Gasteiger partial charge in [0.25, 0.3) is 5.91 Å². The molecule has 2 unspecified atom stereocenters. The van der Waals surface area contributed by atoms with E-state index in [1.807, 2.05) is 11.9 Å². The van der Waals surface area contributed by atoms with Gasteiger partial charge in [-0.2, -0.15) is 0 Å². The van der Waals surface area contributed by atoms with E-state index in [2.05, 4.69) is 10.6 Å². The lowest BCUT2D eigenvalue weighted by atomic mass is 9.98. The maximum atomic E-state index is 12.7. The fourth-order valence-electron chi connectivity index (χ4n) is 3.59. The summed E-state index contributed by atoms with van der Waals surface area (Å²) >= 11 is 0. The van der Waals surface area contributed by atoms with Crippen LogP contribution in [0.25, 0.3) is 0 Å². The molecule has 0 aromatic heterocycles. The van der Waals surface area contributed by atoms with Gasteiger partial charge in [0.15, 0.2) is 0 Å². The van der Waals surface area contributed by atoms with Crippen molar-refractivity contribution in [2.75, 3.05) is 12.4 Å². The smallest absolute Gasteiger partial charge is 0.316 e. The lowest BCUT2D eigenvalue weighted by Gasteiger charge is -2.35. The van der Waals surface area contributed by atoms with Crippen LogP contribution < -0.4 is 16.4 Å². The Kier molecular flexibility index (Phi) is 5.49. The Labute approximate surface area is 142 Å². The van der Waals surface area contributed by atoms with Crippen molar-refractivity contribution in [2.24, 2.45) is 5.73 Å². The van der Waals surface area contributed by atoms with E-state index >= 15 is 0 Å². The van der Waals surface area contributed by atoms with Gasteiger partial charge in [-0.3, -0.25) is 4.79 Å². The van der Waals surface area contributed by atoms with E-state index in [9.17, 15) is 9.59 Å². The number of carbonyl (C=O) groups excluding carboxylic acids is 2. The number of primary amides is 1. The van der Waals surface area contributed by atoms with Crippen molar-refractivity contribution in [3.63, 3.8) is 0 Å². The molecule has 0 radical (unpaired) electrons. The van der Waals surface area contributed by atoms with Crippen LogP contribution in [0, 0.1) is 0 Å². The second-order valence-electron chi connectivity index (χ2n) is 6.25. The molecule has 2 fully saturated rings. The zero-order valence-corrected chi connectivity index (χ0v) is 13.9. The Hall–Kier alpha value is -1.79. The fraction of sp³-hybridized carbons (Fsp3) is 0.500. The van der Waals surface area contributed by atoms with Crippen molar-refractivity contribution in [1.82, 2.24) is 10.2 Å². The second kappa shape index (κ2) is 7.19. The minimum Gasteiger partial charge on any atom is -0.351 e. The second-order valence-corrected chi connectivity index (χ2v) is 6.25. The molecule has 3 amide bonds. The highest BCUT2D eigenvalue weighted by atomic mass is 35.5. The molecule has 1 aromatic rings. The molecule has 3 rings (SSSR count). The summed E-state index contributed by atoms with van der Waals surface area (Å²) in [7, 11) is 1.87. The van der Waals surface area contributed by atoms with Crippen LogP contribution >= 0.6 is 12.4 Å². The minimum absolute atomic E-state index is 0. The van der Waals surface area contributed by atoms with Crippen LogP contribution in [0.1, 0.15) is 36.0 Å². The van der Waals surface area contributed by atoms with Crippen molar-refractivity contribution in [2.45, 2.75) is 43.8 Å². The molecule has 0 spiro atoms. The molecular weight excluding hydrogens is 316 g/mol. The molecule has 1 aromatic carbocycles. The number of halogens is 1. The Bertz CT molecular complexity index is 583.